The van der Waals surface area contributed by atoms with Gasteiger partial charge in [0.2, 0.25) is 11.1 Å². The Bertz CT molecular complexity index is 2190. The molecule has 0 aromatic carbocycles. The second-order valence-corrected chi connectivity index (χ2v) is 14.7. The molecule has 4 aromatic rings. The van der Waals surface area contributed by atoms with Gasteiger partial charge >= 0.3 is 30.3 Å². The van der Waals surface area contributed by atoms with Crippen LogP contribution in [0.4, 0.5) is 31.1 Å². The summed E-state index contributed by atoms with van der Waals surface area (Å²) in [7, 11) is 0. The monoisotopic (exact) mass is 808 g/mol. The van der Waals surface area contributed by atoms with E-state index in [1.165, 1.54) is 17.0 Å². The Morgan fingerprint density at radius 1 is 0.719 bits per heavy atom. The maximum atomic E-state index is 12.9. The quantitative estimate of drug-likeness (QED) is 0.232. The first-order valence-electron chi connectivity index (χ1n) is 18.1. The summed E-state index contributed by atoms with van der Waals surface area (Å²) in [4.78, 5) is 75.6. The number of piperidine rings is 2. The number of aromatic amines is 2. The summed E-state index contributed by atoms with van der Waals surface area (Å²) in [5.41, 5.74) is 0.758. The molecule has 6 rings (SSSR count). The third-order valence-electron chi connectivity index (χ3n) is 9.27. The minimum atomic E-state index is -4.93. The lowest BCUT2D eigenvalue weighted by atomic mass is 10.0. The molecule has 3 amide bonds. The van der Waals surface area contributed by atoms with Crippen molar-refractivity contribution in [2.24, 2.45) is 0 Å². The molecule has 0 spiro atoms. The Morgan fingerprint density at radius 3 is 1.63 bits per heavy atom. The van der Waals surface area contributed by atoms with E-state index >= 15 is 0 Å². The van der Waals surface area contributed by atoms with Crippen molar-refractivity contribution in [2.45, 2.75) is 89.6 Å². The number of halogens is 6. The number of amides is 3. The summed E-state index contributed by atoms with van der Waals surface area (Å²) in [6, 6.07) is 12.8. The molecule has 6 heterocycles. The van der Waals surface area contributed by atoms with E-state index in [2.05, 4.69) is 25.3 Å². The van der Waals surface area contributed by atoms with Gasteiger partial charge in [0.05, 0.1) is 17.9 Å². The summed E-state index contributed by atoms with van der Waals surface area (Å²) in [6.07, 6.45) is -9.12. The maximum Gasteiger partial charge on any atom is 0.471 e. The molecule has 4 aromatic heterocycles. The van der Waals surface area contributed by atoms with Crippen LogP contribution in [-0.4, -0.2) is 109 Å². The Balaban J connectivity index is 0.000000224. The predicted octanol–water partition coefficient (Wildman–Crippen LogP) is 4.78. The Kier molecular flexibility index (Phi) is 12.9. The van der Waals surface area contributed by atoms with Crippen LogP contribution in [0.3, 0.4) is 0 Å². The predicted molar refractivity (Wildman–Crippen MR) is 195 cm³/mol. The Labute approximate surface area is 321 Å². The van der Waals surface area contributed by atoms with Crippen molar-refractivity contribution in [1.82, 2.24) is 40.0 Å². The molecule has 20 heteroatoms. The number of nitrogens with zero attached hydrogens (tertiary/aromatic N) is 5. The van der Waals surface area contributed by atoms with Crippen molar-refractivity contribution < 1.29 is 45.5 Å². The molecular formula is C37H42F6N8O6. The standard InChI is InChI=1S/C21H25F3N4O4.C16H17F3N4O2/c1-20(2,3)32-19(31)28(15-8-10-27(11-9-15)18(30)21(22,23)24)12-14-6-4-13-5-7-16(29)26-17(13)25-14;17-16(18,19)15(25)23-7-5-11(6-8-23)20-9-12-3-1-10-2-4-13(24)22-14(10)21-12/h4-7,15H,8-12H2,1-3H3,(H,25,26,29);1-4,11,20H,5-9H2,(H,21,22,24). The summed E-state index contributed by atoms with van der Waals surface area (Å²) in [6.45, 7) is 5.53. The van der Waals surface area contributed by atoms with Crippen molar-refractivity contribution in [2.75, 3.05) is 26.2 Å². The Morgan fingerprint density at radius 2 is 1.16 bits per heavy atom. The number of aromatic nitrogens is 4. The number of rotatable bonds is 6. The molecule has 0 unspecified atom stereocenters. The molecule has 57 heavy (non-hydrogen) atoms. The molecule has 2 aliphatic rings. The van der Waals surface area contributed by atoms with Gasteiger partial charge in [0.15, 0.2) is 0 Å². The zero-order valence-corrected chi connectivity index (χ0v) is 31.3. The van der Waals surface area contributed by atoms with Crippen molar-refractivity contribution in [3.8, 4) is 0 Å². The number of hydrogen-bond donors (Lipinski definition) is 3. The highest BCUT2D eigenvalue weighted by Crippen LogP contribution is 2.26. The van der Waals surface area contributed by atoms with Crippen LogP contribution in [-0.2, 0) is 27.4 Å². The first kappa shape index (κ1) is 42.6. The van der Waals surface area contributed by atoms with Crippen LogP contribution >= 0.6 is 0 Å². The van der Waals surface area contributed by atoms with E-state index in [0.29, 0.717) is 36.4 Å². The van der Waals surface area contributed by atoms with Crippen LogP contribution in [0.5, 0.6) is 0 Å². The van der Waals surface area contributed by atoms with Gasteiger partial charge < -0.3 is 29.8 Å². The lowest BCUT2D eigenvalue weighted by Crippen LogP contribution is -2.51. The van der Waals surface area contributed by atoms with Crippen LogP contribution in [0.25, 0.3) is 22.1 Å². The topological polar surface area (TPSA) is 174 Å². The summed E-state index contributed by atoms with van der Waals surface area (Å²) in [5, 5.41) is 4.78. The fourth-order valence-electron chi connectivity index (χ4n) is 6.44. The van der Waals surface area contributed by atoms with Crippen LogP contribution in [0.15, 0.2) is 58.1 Å². The molecular weight excluding hydrogens is 766 g/mol. The van der Waals surface area contributed by atoms with Crippen LogP contribution in [0.1, 0.15) is 57.8 Å². The van der Waals surface area contributed by atoms with Gasteiger partial charge in [-0.1, -0.05) is 0 Å². The first-order valence-corrected chi connectivity index (χ1v) is 18.1. The normalized spacial score (nSPS) is 15.9. The van der Waals surface area contributed by atoms with Gasteiger partial charge in [0, 0.05) is 67.7 Å². The minimum Gasteiger partial charge on any atom is -0.444 e. The fraction of sp³-hybridized carbons (Fsp3) is 0.486. The van der Waals surface area contributed by atoms with Gasteiger partial charge in [-0.05, 0) is 82.9 Å². The molecule has 0 bridgehead atoms. The number of likely N-dealkylation sites (tertiary alicyclic amines) is 2. The lowest BCUT2D eigenvalue weighted by Gasteiger charge is -2.39. The molecule has 0 atom stereocenters. The number of hydrogen-bond acceptors (Lipinski definition) is 9. The summed E-state index contributed by atoms with van der Waals surface area (Å²) in [5.74, 6) is -3.65. The smallest absolute Gasteiger partial charge is 0.444 e. The van der Waals surface area contributed by atoms with E-state index in [1.54, 1.807) is 45.0 Å². The number of pyridine rings is 4. The lowest BCUT2D eigenvalue weighted by molar-refractivity contribution is -0.186. The van der Waals surface area contributed by atoms with E-state index in [0.717, 1.165) is 26.3 Å². The highest BCUT2D eigenvalue weighted by Gasteiger charge is 2.45. The van der Waals surface area contributed by atoms with Crippen molar-refractivity contribution in [1.29, 1.82) is 0 Å². The highest BCUT2D eigenvalue weighted by molar-refractivity contribution is 5.82. The molecule has 2 saturated heterocycles. The number of alkyl halides is 6. The molecule has 14 nitrogen and oxygen atoms in total. The van der Waals surface area contributed by atoms with Crippen LogP contribution < -0.4 is 16.4 Å². The fourth-order valence-corrected chi connectivity index (χ4v) is 6.44. The van der Waals surface area contributed by atoms with E-state index in [4.69, 9.17) is 4.74 Å². The van der Waals surface area contributed by atoms with E-state index in [1.807, 2.05) is 12.1 Å². The molecule has 3 N–H and O–H groups in total. The van der Waals surface area contributed by atoms with Gasteiger partial charge in [-0.25, -0.2) is 14.8 Å². The average Bonchev–Trinajstić information content (AvgIpc) is 3.14. The van der Waals surface area contributed by atoms with E-state index in [-0.39, 0.29) is 62.7 Å². The SMILES string of the molecule is CC(C)(C)OC(=O)N(Cc1ccc2ccc(=O)[nH]c2n1)C1CCN(C(=O)C(F)(F)F)CC1.O=C(N1CCC(NCc2ccc3ccc(=O)[nH]c3n2)CC1)C(F)(F)F. The largest absolute Gasteiger partial charge is 0.471 e. The number of carbonyl (C=O) groups excluding carboxylic acids is 3. The first-order chi connectivity index (χ1) is 26.7. The van der Waals surface area contributed by atoms with Gasteiger partial charge in [0.25, 0.3) is 0 Å². The molecule has 308 valence electrons. The van der Waals surface area contributed by atoms with E-state index in [9.17, 15) is 50.3 Å². The number of ether oxygens (including phenoxy) is 1. The third kappa shape index (κ3) is 11.7. The maximum absolute atomic E-state index is 12.9. The molecule has 0 aliphatic carbocycles. The van der Waals surface area contributed by atoms with Gasteiger partial charge in [-0.15, -0.1) is 0 Å². The second-order valence-electron chi connectivity index (χ2n) is 14.7. The van der Waals surface area contributed by atoms with Gasteiger partial charge in [-0.2, -0.15) is 26.3 Å². The summed E-state index contributed by atoms with van der Waals surface area (Å²) < 4.78 is 81.0. The van der Waals surface area contributed by atoms with Crippen molar-refractivity contribution >= 4 is 40.0 Å². The third-order valence-corrected chi connectivity index (χ3v) is 9.27. The second kappa shape index (κ2) is 17.3. The van der Waals surface area contributed by atoms with Crippen LogP contribution in [0.2, 0.25) is 0 Å². The number of carbonyl (C=O) groups is 3. The number of fused-ring (bicyclic) bond motifs is 2. The molecule has 2 aliphatic heterocycles. The zero-order valence-electron chi connectivity index (χ0n) is 31.3. The summed E-state index contributed by atoms with van der Waals surface area (Å²) >= 11 is 0. The van der Waals surface area contributed by atoms with Crippen molar-refractivity contribution in [3.05, 3.63) is 80.6 Å². The Hall–Kier alpha value is -5.53. The van der Waals surface area contributed by atoms with E-state index < -0.39 is 41.9 Å². The minimum absolute atomic E-state index is 0.0182. The highest BCUT2D eigenvalue weighted by atomic mass is 19.4. The van der Waals surface area contributed by atoms with Gasteiger partial charge in [-0.3, -0.25) is 24.1 Å². The number of nitrogens with one attached hydrogen (secondary N) is 3. The van der Waals surface area contributed by atoms with Gasteiger partial charge in [0.1, 0.15) is 16.9 Å². The zero-order chi connectivity index (χ0) is 41.7. The molecule has 0 saturated carbocycles. The number of H-pyrrole nitrogens is 2. The molecule has 2 fully saturated rings. The van der Waals surface area contributed by atoms with Crippen LogP contribution in [0, 0.1) is 0 Å². The average molecular weight is 809 g/mol. The molecule has 0 radical (unpaired) electrons. The van der Waals surface area contributed by atoms with Crippen molar-refractivity contribution in [3.63, 3.8) is 0 Å².